The van der Waals surface area contributed by atoms with Crippen molar-refractivity contribution >= 4 is 0 Å². The number of hydrogen-bond acceptors (Lipinski definition) is 1. The van der Waals surface area contributed by atoms with Crippen molar-refractivity contribution in [2.75, 3.05) is 6.54 Å². The van der Waals surface area contributed by atoms with Gasteiger partial charge in [0.05, 0.1) is 0 Å². The van der Waals surface area contributed by atoms with Crippen molar-refractivity contribution in [3.63, 3.8) is 0 Å². The fourth-order valence-electron chi connectivity index (χ4n) is 1.49. The maximum Gasteiger partial charge on any atom is 0.126 e. The van der Waals surface area contributed by atoms with Crippen LogP contribution >= 0.6 is 0 Å². The third-order valence-electron chi connectivity index (χ3n) is 2.30. The van der Waals surface area contributed by atoms with Gasteiger partial charge in [-0.1, -0.05) is 37.6 Å². The molecule has 1 atom stereocenters. The summed E-state index contributed by atoms with van der Waals surface area (Å²) in [7, 11) is 0. The van der Waals surface area contributed by atoms with Crippen LogP contribution in [0.3, 0.4) is 0 Å². The predicted octanol–water partition coefficient (Wildman–Crippen LogP) is 3.00. The summed E-state index contributed by atoms with van der Waals surface area (Å²) in [6.45, 7) is 2.54. The Morgan fingerprint density at radius 1 is 1.29 bits per heavy atom. The van der Waals surface area contributed by atoms with E-state index in [4.69, 9.17) is 5.73 Å². The Bertz CT molecular complexity index is 256. The van der Waals surface area contributed by atoms with Crippen molar-refractivity contribution in [2.24, 2.45) is 5.73 Å². The third-order valence-corrected chi connectivity index (χ3v) is 2.30. The Hall–Kier alpha value is -0.890. The molecule has 0 aliphatic heterocycles. The van der Waals surface area contributed by atoms with E-state index in [2.05, 4.69) is 6.92 Å². The molecule has 1 aromatic carbocycles. The number of nitrogens with two attached hydrogens (primary N) is 1. The SMILES string of the molecule is CCCc1ccc(C(F)CCN)cc1. The molecule has 0 saturated carbocycles. The lowest BCUT2D eigenvalue weighted by molar-refractivity contribution is 0.327. The molecule has 0 radical (unpaired) electrons. The van der Waals surface area contributed by atoms with E-state index in [1.807, 2.05) is 24.3 Å². The van der Waals surface area contributed by atoms with Crippen LogP contribution in [0.25, 0.3) is 0 Å². The van der Waals surface area contributed by atoms with Gasteiger partial charge in [0.1, 0.15) is 6.17 Å². The summed E-state index contributed by atoms with van der Waals surface area (Å²) >= 11 is 0. The van der Waals surface area contributed by atoms with E-state index in [0.717, 1.165) is 18.4 Å². The molecule has 0 aliphatic rings. The van der Waals surface area contributed by atoms with Crippen LogP contribution in [0.1, 0.15) is 37.1 Å². The minimum atomic E-state index is -0.907. The Labute approximate surface area is 85.1 Å². The van der Waals surface area contributed by atoms with E-state index in [0.29, 0.717) is 13.0 Å². The van der Waals surface area contributed by atoms with E-state index < -0.39 is 6.17 Å². The zero-order valence-electron chi connectivity index (χ0n) is 8.67. The summed E-state index contributed by atoms with van der Waals surface area (Å²) in [5.41, 5.74) is 7.32. The molecular weight excluding hydrogens is 177 g/mol. The van der Waals surface area contributed by atoms with Gasteiger partial charge in [-0.3, -0.25) is 0 Å². The second kappa shape index (κ2) is 5.76. The maximum absolute atomic E-state index is 13.4. The van der Waals surface area contributed by atoms with Gasteiger partial charge in [-0.15, -0.1) is 0 Å². The summed E-state index contributed by atoms with van der Waals surface area (Å²) in [4.78, 5) is 0. The van der Waals surface area contributed by atoms with Crippen molar-refractivity contribution < 1.29 is 4.39 Å². The molecular formula is C12H18FN. The Balaban J connectivity index is 2.62. The first-order valence-electron chi connectivity index (χ1n) is 5.21. The third kappa shape index (κ3) is 3.11. The normalized spacial score (nSPS) is 12.8. The Kier molecular flexibility index (Phi) is 4.60. The molecule has 14 heavy (non-hydrogen) atoms. The number of alkyl halides is 1. The van der Waals surface area contributed by atoms with Crippen molar-refractivity contribution in [1.82, 2.24) is 0 Å². The van der Waals surface area contributed by atoms with E-state index in [1.165, 1.54) is 5.56 Å². The monoisotopic (exact) mass is 195 g/mol. The number of benzene rings is 1. The van der Waals surface area contributed by atoms with Gasteiger partial charge >= 0.3 is 0 Å². The zero-order chi connectivity index (χ0) is 10.4. The van der Waals surface area contributed by atoms with Crippen LogP contribution in [0, 0.1) is 0 Å². The van der Waals surface area contributed by atoms with Gasteiger partial charge in [-0.2, -0.15) is 0 Å². The molecule has 0 aromatic heterocycles. The van der Waals surface area contributed by atoms with Crippen LogP contribution in [0.5, 0.6) is 0 Å². The highest BCUT2D eigenvalue weighted by molar-refractivity contribution is 5.24. The van der Waals surface area contributed by atoms with E-state index in [9.17, 15) is 4.39 Å². The van der Waals surface area contributed by atoms with Crippen LogP contribution < -0.4 is 5.73 Å². The average molecular weight is 195 g/mol. The Morgan fingerprint density at radius 3 is 2.43 bits per heavy atom. The van der Waals surface area contributed by atoms with Crippen LogP contribution in [0.4, 0.5) is 4.39 Å². The van der Waals surface area contributed by atoms with Crippen LogP contribution in [-0.4, -0.2) is 6.54 Å². The smallest absolute Gasteiger partial charge is 0.126 e. The molecule has 0 heterocycles. The highest BCUT2D eigenvalue weighted by atomic mass is 19.1. The first-order valence-corrected chi connectivity index (χ1v) is 5.21. The van der Waals surface area contributed by atoms with E-state index >= 15 is 0 Å². The first-order chi connectivity index (χ1) is 6.77. The minimum Gasteiger partial charge on any atom is -0.330 e. The number of rotatable bonds is 5. The standard InChI is InChI=1S/C12H18FN/c1-2-3-10-4-6-11(7-5-10)12(13)8-9-14/h4-7,12H,2-3,8-9,14H2,1H3. The lowest BCUT2D eigenvalue weighted by Crippen LogP contribution is -2.03. The second-order valence-electron chi connectivity index (χ2n) is 3.54. The van der Waals surface area contributed by atoms with Crippen LogP contribution in [0.15, 0.2) is 24.3 Å². The number of aryl methyl sites for hydroxylation is 1. The second-order valence-corrected chi connectivity index (χ2v) is 3.54. The topological polar surface area (TPSA) is 26.0 Å². The molecule has 1 rings (SSSR count). The molecule has 0 aliphatic carbocycles. The van der Waals surface area contributed by atoms with E-state index in [1.54, 1.807) is 0 Å². The molecule has 2 N–H and O–H groups in total. The molecule has 0 fully saturated rings. The molecule has 1 nitrogen and oxygen atoms in total. The van der Waals surface area contributed by atoms with Gasteiger partial charge in [0, 0.05) is 0 Å². The highest BCUT2D eigenvalue weighted by Gasteiger charge is 2.07. The fraction of sp³-hybridized carbons (Fsp3) is 0.500. The zero-order valence-corrected chi connectivity index (χ0v) is 8.67. The highest BCUT2D eigenvalue weighted by Crippen LogP contribution is 2.20. The summed E-state index contributed by atoms with van der Waals surface area (Å²) in [6.07, 6.45) is 1.69. The van der Waals surface area contributed by atoms with Crippen molar-refractivity contribution in [2.45, 2.75) is 32.4 Å². The molecule has 0 amide bonds. The molecule has 2 heteroatoms. The van der Waals surface area contributed by atoms with Gasteiger partial charge in [-0.05, 0) is 30.5 Å². The summed E-state index contributed by atoms with van der Waals surface area (Å²) < 4.78 is 13.4. The Morgan fingerprint density at radius 2 is 1.93 bits per heavy atom. The molecule has 78 valence electrons. The fourth-order valence-corrected chi connectivity index (χ4v) is 1.49. The lowest BCUT2D eigenvalue weighted by atomic mass is 10.0. The van der Waals surface area contributed by atoms with Crippen molar-refractivity contribution in [1.29, 1.82) is 0 Å². The largest absolute Gasteiger partial charge is 0.330 e. The quantitative estimate of drug-likeness (QED) is 0.768. The van der Waals surface area contributed by atoms with Gasteiger partial charge in [-0.25, -0.2) is 4.39 Å². The van der Waals surface area contributed by atoms with Gasteiger partial charge in [0.25, 0.3) is 0 Å². The lowest BCUT2D eigenvalue weighted by Gasteiger charge is -2.07. The predicted molar refractivity (Wildman–Crippen MR) is 58.0 cm³/mol. The molecule has 0 saturated heterocycles. The maximum atomic E-state index is 13.4. The van der Waals surface area contributed by atoms with Crippen LogP contribution in [0.2, 0.25) is 0 Å². The molecule has 1 unspecified atom stereocenters. The minimum absolute atomic E-state index is 0.401. The molecule has 0 bridgehead atoms. The van der Waals surface area contributed by atoms with Gasteiger partial charge < -0.3 is 5.73 Å². The van der Waals surface area contributed by atoms with Crippen LogP contribution in [-0.2, 0) is 6.42 Å². The van der Waals surface area contributed by atoms with Gasteiger partial charge in [0.2, 0.25) is 0 Å². The van der Waals surface area contributed by atoms with Gasteiger partial charge in [0.15, 0.2) is 0 Å². The summed E-state index contributed by atoms with van der Waals surface area (Å²) in [6, 6.07) is 7.74. The first kappa shape index (κ1) is 11.2. The van der Waals surface area contributed by atoms with Crippen molar-refractivity contribution in [3.05, 3.63) is 35.4 Å². The van der Waals surface area contributed by atoms with E-state index in [-0.39, 0.29) is 0 Å². The summed E-state index contributed by atoms with van der Waals surface area (Å²) in [5.74, 6) is 0. The molecule has 0 spiro atoms. The molecule has 1 aromatic rings. The average Bonchev–Trinajstić information content (AvgIpc) is 2.20. The summed E-state index contributed by atoms with van der Waals surface area (Å²) in [5, 5.41) is 0. The number of halogens is 1. The van der Waals surface area contributed by atoms with Crippen molar-refractivity contribution in [3.8, 4) is 0 Å². The number of hydrogen-bond donors (Lipinski definition) is 1.